The van der Waals surface area contributed by atoms with Crippen LogP contribution in [0.5, 0.6) is 0 Å². The molecule has 0 atom stereocenters. The zero-order chi connectivity index (χ0) is 14.9. The van der Waals surface area contributed by atoms with Crippen molar-refractivity contribution in [3.05, 3.63) is 33.0 Å². The van der Waals surface area contributed by atoms with Gasteiger partial charge in [0.2, 0.25) is 0 Å². The Morgan fingerprint density at radius 3 is 2.45 bits per heavy atom. The number of nitrogens with zero attached hydrogens (tertiary/aromatic N) is 3. The normalized spacial score (nSPS) is 12.1. The molecule has 0 aromatic carbocycles. The Kier molecular flexibility index (Phi) is 4.30. The van der Waals surface area contributed by atoms with Gasteiger partial charge in [0.25, 0.3) is 0 Å². The van der Waals surface area contributed by atoms with Gasteiger partial charge in [0.05, 0.1) is 17.9 Å². The minimum atomic E-state index is 0.123. The summed E-state index contributed by atoms with van der Waals surface area (Å²) < 4.78 is 1.99. The van der Waals surface area contributed by atoms with Gasteiger partial charge in [-0.1, -0.05) is 0 Å². The van der Waals surface area contributed by atoms with Crippen LogP contribution >= 0.6 is 11.3 Å². The third-order valence-electron chi connectivity index (χ3n) is 3.23. The molecule has 2 heterocycles. The van der Waals surface area contributed by atoms with Crippen molar-refractivity contribution in [3.8, 4) is 0 Å². The Balaban J connectivity index is 2.07. The number of hydrogen-bond acceptors (Lipinski definition) is 4. The molecule has 0 spiro atoms. The summed E-state index contributed by atoms with van der Waals surface area (Å²) in [6.45, 7) is 14.4. The largest absolute Gasteiger partial charge is 0.308 e. The highest BCUT2D eigenvalue weighted by molar-refractivity contribution is 7.11. The van der Waals surface area contributed by atoms with Crippen LogP contribution in [0.15, 0.2) is 6.20 Å². The maximum absolute atomic E-state index is 4.59. The van der Waals surface area contributed by atoms with Crippen LogP contribution in [-0.4, -0.2) is 20.3 Å². The summed E-state index contributed by atoms with van der Waals surface area (Å²) in [6, 6.07) is 0. The first kappa shape index (κ1) is 15.2. The van der Waals surface area contributed by atoms with E-state index in [0.29, 0.717) is 0 Å². The molecular formula is C15H24N4S. The molecule has 2 rings (SSSR count). The van der Waals surface area contributed by atoms with E-state index in [4.69, 9.17) is 0 Å². The van der Waals surface area contributed by atoms with Crippen molar-refractivity contribution < 1.29 is 0 Å². The lowest BCUT2D eigenvalue weighted by Crippen LogP contribution is -2.35. The molecule has 0 bridgehead atoms. The van der Waals surface area contributed by atoms with Gasteiger partial charge in [0, 0.05) is 28.7 Å². The zero-order valence-electron chi connectivity index (χ0n) is 13.2. The highest BCUT2D eigenvalue weighted by Crippen LogP contribution is 2.18. The number of hydrogen-bond donors (Lipinski definition) is 1. The highest BCUT2D eigenvalue weighted by atomic mass is 32.1. The predicted molar refractivity (Wildman–Crippen MR) is 84.2 cm³/mol. The summed E-state index contributed by atoms with van der Waals surface area (Å²) in [6.07, 6.45) is 2.13. The number of nitrogens with one attached hydrogen (secondary N) is 1. The van der Waals surface area contributed by atoms with E-state index in [0.717, 1.165) is 29.5 Å². The average molecular weight is 292 g/mol. The first-order chi connectivity index (χ1) is 9.24. The van der Waals surface area contributed by atoms with Crippen molar-refractivity contribution in [3.63, 3.8) is 0 Å². The smallest absolute Gasteiger partial charge is 0.115 e. The van der Waals surface area contributed by atoms with E-state index in [1.807, 2.05) is 4.68 Å². The van der Waals surface area contributed by atoms with Gasteiger partial charge in [-0.15, -0.1) is 11.3 Å². The van der Waals surface area contributed by atoms with E-state index >= 15 is 0 Å². The van der Waals surface area contributed by atoms with Crippen LogP contribution in [0.4, 0.5) is 0 Å². The quantitative estimate of drug-likeness (QED) is 0.941. The Hall–Kier alpha value is -1.20. The third kappa shape index (κ3) is 3.90. The lowest BCUT2D eigenvalue weighted by molar-refractivity contribution is 0.423. The summed E-state index contributed by atoms with van der Waals surface area (Å²) in [5.74, 6) is 0. The predicted octanol–water partition coefficient (Wildman–Crippen LogP) is 3.20. The molecule has 1 N–H and O–H groups in total. The number of aryl methyl sites for hydroxylation is 3. The number of thiazole rings is 1. The first-order valence-electron chi connectivity index (χ1n) is 6.95. The Bertz CT molecular complexity index is 570. The van der Waals surface area contributed by atoms with Crippen LogP contribution in [0.25, 0.3) is 0 Å². The van der Waals surface area contributed by atoms with Crippen molar-refractivity contribution in [1.29, 1.82) is 0 Å². The lowest BCUT2D eigenvalue weighted by Gasteiger charge is -2.20. The van der Waals surface area contributed by atoms with Gasteiger partial charge in [-0.05, 0) is 41.5 Å². The molecule has 110 valence electrons. The van der Waals surface area contributed by atoms with Gasteiger partial charge in [0.1, 0.15) is 5.01 Å². The molecule has 0 aliphatic heterocycles. The van der Waals surface area contributed by atoms with Gasteiger partial charge >= 0.3 is 0 Å². The van der Waals surface area contributed by atoms with E-state index in [1.54, 1.807) is 11.3 Å². The van der Waals surface area contributed by atoms with Crippen molar-refractivity contribution in [2.24, 2.45) is 0 Å². The van der Waals surface area contributed by atoms with E-state index < -0.39 is 0 Å². The second kappa shape index (κ2) is 5.66. The third-order valence-corrected chi connectivity index (χ3v) is 4.28. The molecule has 0 aliphatic rings. The Morgan fingerprint density at radius 2 is 1.90 bits per heavy atom. The molecule has 2 aromatic rings. The first-order valence-corrected chi connectivity index (χ1v) is 7.77. The fourth-order valence-electron chi connectivity index (χ4n) is 1.92. The molecule has 0 saturated heterocycles. The number of rotatable bonds is 4. The second-order valence-electron chi connectivity index (χ2n) is 6.29. The maximum atomic E-state index is 4.59. The molecule has 0 fully saturated rings. The monoisotopic (exact) mass is 292 g/mol. The summed E-state index contributed by atoms with van der Waals surface area (Å²) >= 11 is 1.75. The molecule has 4 nitrogen and oxygen atoms in total. The number of aromatic nitrogens is 3. The van der Waals surface area contributed by atoms with Crippen LogP contribution in [0.1, 0.15) is 47.6 Å². The van der Waals surface area contributed by atoms with E-state index in [2.05, 4.69) is 63.1 Å². The van der Waals surface area contributed by atoms with E-state index in [-0.39, 0.29) is 5.54 Å². The summed E-state index contributed by atoms with van der Waals surface area (Å²) in [4.78, 5) is 5.86. The minimum absolute atomic E-state index is 0.123. The summed E-state index contributed by atoms with van der Waals surface area (Å²) in [5.41, 5.74) is 3.60. The maximum Gasteiger partial charge on any atom is 0.115 e. The SMILES string of the molecule is Cc1nn(Cc2nc(C)c(C)s2)cc1CNC(C)(C)C. The van der Waals surface area contributed by atoms with Crippen LogP contribution in [0.3, 0.4) is 0 Å². The van der Waals surface area contributed by atoms with Crippen molar-refractivity contribution in [1.82, 2.24) is 20.1 Å². The zero-order valence-corrected chi connectivity index (χ0v) is 14.1. The average Bonchev–Trinajstić information content (AvgIpc) is 2.80. The topological polar surface area (TPSA) is 42.7 Å². The van der Waals surface area contributed by atoms with Crippen molar-refractivity contribution >= 4 is 11.3 Å². The van der Waals surface area contributed by atoms with Gasteiger partial charge in [0.15, 0.2) is 0 Å². The van der Waals surface area contributed by atoms with Gasteiger partial charge in [-0.2, -0.15) is 5.10 Å². The molecule has 2 aromatic heterocycles. The van der Waals surface area contributed by atoms with Crippen LogP contribution in [0.2, 0.25) is 0 Å². The molecule has 0 aliphatic carbocycles. The Morgan fingerprint density at radius 1 is 1.20 bits per heavy atom. The summed E-state index contributed by atoms with van der Waals surface area (Å²) in [7, 11) is 0. The van der Waals surface area contributed by atoms with E-state index in [1.165, 1.54) is 10.4 Å². The molecule has 0 saturated carbocycles. The Labute approximate surface area is 125 Å². The van der Waals surface area contributed by atoms with E-state index in [9.17, 15) is 0 Å². The lowest BCUT2D eigenvalue weighted by atomic mass is 10.1. The highest BCUT2D eigenvalue weighted by Gasteiger charge is 2.12. The molecular weight excluding hydrogens is 268 g/mol. The van der Waals surface area contributed by atoms with Gasteiger partial charge in [-0.25, -0.2) is 4.98 Å². The second-order valence-corrected chi connectivity index (χ2v) is 7.58. The fraction of sp³-hybridized carbons (Fsp3) is 0.600. The molecule has 0 amide bonds. The molecule has 0 unspecified atom stereocenters. The fourth-order valence-corrected chi connectivity index (χ4v) is 2.85. The van der Waals surface area contributed by atoms with Crippen LogP contribution in [0, 0.1) is 20.8 Å². The van der Waals surface area contributed by atoms with Gasteiger partial charge in [-0.3, -0.25) is 4.68 Å². The molecule has 5 heteroatoms. The van der Waals surface area contributed by atoms with Crippen molar-refractivity contribution in [2.75, 3.05) is 0 Å². The van der Waals surface area contributed by atoms with Crippen LogP contribution < -0.4 is 5.32 Å². The van der Waals surface area contributed by atoms with Crippen molar-refractivity contribution in [2.45, 2.75) is 60.2 Å². The van der Waals surface area contributed by atoms with Gasteiger partial charge < -0.3 is 5.32 Å². The van der Waals surface area contributed by atoms with Crippen LogP contribution in [-0.2, 0) is 13.1 Å². The minimum Gasteiger partial charge on any atom is -0.308 e. The molecule has 20 heavy (non-hydrogen) atoms. The summed E-state index contributed by atoms with van der Waals surface area (Å²) in [5, 5.41) is 9.21. The standard InChI is InChI=1S/C15H24N4S/c1-10-12(3)20-14(17-10)9-19-8-13(11(2)18-19)7-16-15(4,5)6/h8,16H,7,9H2,1-6H3. The molecule has 0 radical (unpaired) electrons.